The van der Waals surface area contributed by atoms with Crippen LogP contribution < -0.4 is 0 Å². The van der Waals surface area contributed by atoms with Gasteiger partial charge in [-0.15, -0.1) is 10.2 Å². The van der Waals surface area contributed by atoms with Crippen LogP contribution in [0.25, 0.3) is 0 Å². The molecule has 14 heavy (non-hydrogen) atoms. The first-order valence-electron chi connectivity index (χ1n) is 5.31. The Hall–Kier alpha value is -0.570. The molecule has 0 spiro atoms. The van der Waals surface area contributed by atoms with Crippen molar-refractivity contribution in [3.05, 3.63) is 11.1 Å². The van der Waals surface area contributed by atoms with Gasteiger partial charge in [0.2, 0.25) is 5.28 Å². The number of aryl methyl sites for hydroxylation is 1. The first-order chi connectivity index (χ1) is 6.74. The van der Waals surface area contributed by atoms with Crippen LogP contribution in [0.5, 0.6) is 0 Å². The fourth-order valence-corrected chi connectivity index (χ4v) is 2.56. The number of rotatable bonds is 3. The number of halogens is 1. The molecule has 0 aromatic carbocycles. The Morgan fingerprint density at radius 1 is 1.50 bits per heavy atom. The van der Waals surface area contributed by atoms with Crippen molar-refractivity contribution in [1.82, 2.24) is 14.8 Å². The van der Waals surface area contributed by atoms with Gasteiger partial charge in [-0.1, -0.05) is 13.3 Å². The number of aromatic nitrogens is 3. The van der Waals surface area contributed by atoms with Gasteiger partial charge in [0.1, 0.15) is 5.82 Å². The van der Waals surface area contributed by atoms with Crippen molar-refractivity contribution in [1.29, 1.82) is 0 Å². The Labute approximate surface area is 89.5 Å². The fourth-order valence-electron chi connectivity index (χ4n) is 2.27. The van der Waals surface area contributed by atoms with Crippen molar-refractivity contribution in [2.75, 3.05) is 0 Å². The van der Waals surface area contributed by atoms with Gasteiger partial charge in [0, 0.05) is 6.04 Å². The lowest BCUT2D eigenvalue weighted by atomic mass is 9.78. The summed E-state index contributed by atoms with van der Waals surface area (Å²) in [6, 6.07) is 0.506. The summed E-state index contributed by atoms with van der Waals surface area (Å²) >= 11 is 6.03. The van der Waals surface area contributed by atoms with Crippen molar-refractivity contribution in [3.8, 4) is 0 Å². The summed E-state index contributed by atoms with van der Waals surface area (Å²) in [7, 11) is 0. The predicted molar refractivity (Wildman–Crippen MR) is 56.4 cm³/mol. The SMILES string of the molecule is CCC(C1CCC1)n1c(C)nnc1Cl. The molecule has 1 aliphatic carbocycles. The quantitative estimate of drug-likeness (QED) is 0.773. The topological polar surface area (TPSA) is 30.7 Å². The molecule has 1 fully saturated rings. The van der Waals surface area contributed by atoms with E-state index in [-0.39, 0.29) is 0 Å². The Bertz CT molecular complexity index is 298. The van der Waals surface area contributed by atoms with Gasteiger partial charge in [-0.2, -0.15) is 0 Å². The van der Waals surface area contributed by atoms with Gasteiger partial charge >= 0.3 is 0 Å². The minimum Gasteiger partial charge on any atom is -0.299 e. The van der Waals surface area contributed by atoms with Crippen LogP contribution in [-0.2, 0) is 0 Å². The summed E-state index contributed by atoms with van der Waals surface area (Å²) < 4.78 is 2.09. The highest BCUT2D eigenvalue weighted by Crippen LogP contribution is 2.39. The summed E-state index contributed by atoms with van der Waals surface area (Å²) in [6.07, 6.45) is 5.13. The summed E-state index contributed by atoms with van der Waals surface area (Å²) in [6.45, 7) is 4.18. The molecular weight excluding hydrogens is 198 g/mol. The van der Waals surface area contributed by atoms with Crippen LogP contribution in [0.2, 0.25) is 5.28 Å². The highest BCUT2D eigenvalue weighted by molar-refractivity contribution is 6.28. The molecule has 0 radical (unpaired) electrons. The summed E-state index contributed by atoms with van der Waals surface area (Å²) in [4.78, 5) is 0. The van der Waals surface area contributed by atoms with E-state index in [1.807, 2.05) is 6.92 Å². The zero-order valence-corrected chi connectivity index (χ0v) is 9.46. The highest BCUT2D eigenvalue weighted by atomic mass is 35.5. The van der Waals surface area contributed by atoms with Crippen LogP contribution in [0, 0.1) is 12.8 Å². The Kier molecular flexibility index (Phi) is 2.77. The van der Waals surface area contributed by atoms with Gasteiger partial charge in [-0.05, 0) is 43.7 Å². The zero-order valence-electron chi connectivity index (χ0n) is 8.70. The molecule has 1 saturated carbocycles. The van der Waals surface area contributed by atoms with Crippen LogP contribution in [-0.4, -0.2) is 14.8 Å². The van der Waals surface area contributed by atoms with E-state index in [4.69, 9.17) is 11.6 Å². The number of hydrogen-bond donors (Lipinski definition) is 0. The summed E-state index contributed by atoms with van der Waals surface area (Å²) in [5, 5.41) is 8.45. The van der Waals surface area contributed by atoms with Crippen LogP contribution in [0.4, 0.5) is 0 Å². The normalized spacial score (nSPS) is 19.4. The molecule has 2 rings (SSSR count). The van der Waals surface area contributed by atoms with E-state index in [0.717, 1.165) is 18.2 Å². The second-order valence-corrected chi connectivity index (χ2v) is 4.39. The van der Waals surface area contributed by atoms with E-state index < -0.39 is 0 Å². The Balaban J connectivity index is 2.25. The minimum absolute atomic E-state index is 0.506. The van der Waals surface area contributed by atoms with Crippen LogP contribution in [0.1, 0.15) is 44.5 Å². The molecule has 0 N–H and O–H groups in total. The molecule has 1 aromatic rings. The highest BCUT2D eigenvalue weighted by Gasteiger charge is 2.29. The van der Waals surface area contributed by atoms with E-state index in [0.29, 0.717) is 11.3 Å². The third kappa shape index (κ3) is 1.54. The van der Waals surface area contributed by atoms with E-state index in [2.05, 4.69) is 21.7 Å². The largest absolute Gasteiger partial charge is 0.299 e. The predicted octanol–water partition coefficient (Wildman–Crippen LogP) is 2.99. The molecule has 4 heteroatoms. The maximum Gasteiger partial charge on any atom is 0.225 e. The van der Waals surface area contributed by atoms with Crippen LogP contribution in [0.15, 0.2) is 0 Å². The lowest BCUT2D eigenvalue weighted by Gasteiger charge is -2.34. The smallest absolute Gasteiger partial charge is 0.225 e. The molecular formula is C10H16ClN3. The average molecular weight is 214 g/mol. The van der Waals surface area contributed by atoms with Crippen molar-refractivity contribution < 1.29 is 0 Å². The van der Waals surface area contributed by atoms with Crippen LogP contribution in [0.3, 0.4) is 0 Å². The molecule has 1 atom stereocenters. The van der Waals surface area contributed by atoms with E-state index >= 15 is 0 Å². The van der Waals surface area contributed by atoms with Crippen molar-refractivity contribution in [2.24, 2.45) is 5.92 Å². The third-order valence-corrected chi connectivity index (χ3v) is 3.53. The standard InChI is InChI=1S/C10H16ClN3/c1-3-9(8-5-4-6-8)14-7(2)12-13-10(14)11/h8-9H,3-6H2,1-2H3. The average Bonchev–Trinajstić information content (AvgIpc) is 2.40. The van der Waals surface area contributed by atoms with E-state index in [1.165, 1.54) is 19.3 Å². The van der Waals surface area contributed by atoms with Gasteiger partial charge in [0.25, 0.3) is 0 Å². The van der Waals surface area contributed by atoms with Gasteiger partial charge in [-0.25, -0.2) is 0 Å². The molecule has 78 valence electrons. The van der Waals surface area contributed by atoms with Crippen molar-refractivity contribution in [2.45, 2.75) is 45.6 Å². The lowest BCUT2D eigenvalue weighted by molar-refractivity contribution is 0.201. The second-order valence-electron chi connectivity index (χ2n) is 4.05. The van der Waals surface area contributed by atoms with Gasteiger partial charge in [-0.3, -0.25) is 4.57 Å². The molecule has 3 nitrogen and oxygen atoms in total. The van der Waals surface area contributed by atoms with Gasteiger partial charge in [0.15, 0.2) is 0 Å². The van der Waals surface area contributed by atoms with Crippen LogP contribution >= 0.6 is 11.6 Å². The lowest BCUT2D eigenvalue weighted by Crippen LogP contribution is -2.25. The second kappa shape index (κ2) is 3.89. The number of hydrogen-bond acceptors (Lipinski definition) is 2. The number of nitrogens with zero attached hydrogens (tertiary/aromatic N) is 3. The maximum absolute atomic E-state index is 6.03. The molecule has 1 aliphatic rings. The van der Waals surface area contributed by atoms with Crippen molar-refractivity contribution in [3.63, 3.8) is 0 Å². The zero-order chi connectivity index (χ0) is 10.1. The van der Waals surface area contributed by atoms with Gasteiger partial charge in [0.05, 0.1) is 0 Å². The first-order valence-corrected chi connectivity index (χ1v) is 5.68. The van der Waals surface area contributed by atoms with E-state index in [1.54, 1.807) is 0 Å². The summed E-state index contributed by atoms with van der Waals surface area (Å²) in [5.74, 6) is 1.72. The third-order valence-electron chi connectivity index (χ3n) is 3.27. The van der Waals surface area contributed by atoms with E-state index in [9.17, 15) is 0 Å². The molecule has 1 unspecified atom stereocenters. The minimum atomic E-state index is 0.506. The Morgan fingerprint density at radius 2 is 2.21 bits per heavy atom. The monoisotopic (exact) mass is 213 g/mol. The molecule has 0 amide bonds. The molecule has 1 heterocycles. The molecule has 0 saturated heterocycles. The maximum atomic E-state index is 6.03. The summed E-state index contributed by atoms with van der Waals surface area (Å²) in [5.41, 5.74) is 0. The Morgan fingerprint density at radius 3 is 2.57 bits per heavy atom. The fraction of sp³-hybridized carbons (Fsp3) is 0.800. The van der Waals surface area contributed by atoms with Crippen molar-refractivity contribution >= 4 is 11.6 Å². The molecule has 0 bridgehead atoms. The first kappa shape index (κ1) is 9.97. The molecule has 1 aromatic heterocycles. The van der Waals surface area contributed by atoms with Gasteiger partial charge < -0.3 is 0 Å². The molecule has 0 aliphatic heterocycles.